The van der Waals surface area contributed by atoms with Crippen molar-refractivity contribution >= 4 is 20.5 Å². The van der Waals surface area contributed by atoms with E-state index in [1.54, 1.807) is 0 Å². The highest BCUT2D eigenvalue weighted by Gasteiger charge is 2.44. The summed E-state index contributed by atoms with van der Waals surface area (Å²) in [5.41, 5.74) is -5.53. The highest BCUT2D eigenvalue weighted by Crippen LogP contribution is 2.20. The van der Waals surface area contributed by atoms with E-state index in [0.29, 0.717) is 3.97 Å². The molecule has 100 valence electrons. The van der Waals surface area contributed by atoms with Gasteiger partial charge >= 0.3 is 26.0 Å². The van der Waals surface area contributed by atoms with Crippen molar-refractivity contribution in [2.24, 2.45) is 0 Å². The molecule has 1 aromatic heterocycles. The molecule has 0 aromatic carbocycles. The van der Waals surface area contributed by atoms with Gasteiger partial charge in [-0.1, -0.05) is 3.89 Å². The predicted molar refractivity (Wildman–Crippen MR) is 45.3 cm³/mol. The fourth-order valence-corrected chi connectivity index (χ4v) is 0.743. The Hall–Kier alpha value is -1.21. The molecule has 0 bridgehead atoms. The zero-order chi connectivity index (χ0) is 13.9. The Kier molecular flexibility index (Phi) is 4.62. The van der Waals surface area contributed by atoms with Crippen LogP contribution in [0.1, 0.15) is 0 Å². The van der Waals surface area contributed by atoms with E-state index >= 15 is 0 Å². The summed E-state index contributed by atoms with van der Waals surface area (Å²) >= 11 is 0. The lowest BCUT2D eigenvalue weighted by Crippen LogP contribution is -2.21. The molecule has 0 spiro atoms. The average molecular weight is 300 g/mol. The summed E-state index contributed by atoms with van der Waals surface area (Å²) in [7, 11) is -10.4. The molecule has 0 saturated heterocycles. The van der Waals surface area contributed by atoms with Crippen LogP contribution in [0.2, 0.25) is 0 Å². The Balaban J connectivity index is 0.000000304. The number of imidazole rings is 1. The Morgan fingerprint density at radius 2 is 1.59 bits per heavy atom. The molecule has 0 unspecified atom stereocenters. The second kappa shape index (κ2) is 4.97. The van der Waals surface area contributed by atoms with Crippen molar-refractivity contribution in [1.82, 2.24) is 8.96 Å². The minimum absolute atomic E-state index is 0.382. The first-order chi connectivity index (χ1) is 7.36. The van der Waals surface area contributed by atoms with E-state index in [0.717, 1.165) is 12.5 Å². The third-order valence-electron chi connectivity index (χ3n) is 1.02. The van der Waals surface area contributed by atoms with E-state index in [-0.39, 0.29) is 0 Å². The van der Waals surface area contributed by atoms with Crippen molar-refractivity contribution < 1.29 is 38.4 Å². The maximum absolute atomic E-state index is 11.8. The van der Waals surface area contributed by atoms with Gasteiger partial charge in [-0.3, -0.25) is 4.55 Å². The van der Waals surface area contributed by atoms with Crippen LogP contribution in [0.4, 0.5) is 17.1 Å². The molecule has 0 atom stereocenters. The standard InChI is InChI=1S/C3H3FN2O2S.CHF3O3S/c4-9(7,8)6-2-1-5-3-6;2-1(3,4)8(5,6)7/h1-3H;(H,5,6,7). The van der Waals surface area contributed by atoms with Crippen LogP contribution in [0.25, 0.3) is 0 Å². The smallest absolute Gasteiger partial charge is 0.279 e. The topological polar surface area (TPSA) is 106 Å². The van der Waals surface area contributed by atoms with Gasteiger partial charge in [-0.25, -0.2) is 8.96 Å². The summed E-state index contributed by atoms with van der Waals surface area (Å²) in [6, 6.07) is 0. The van der Waals surface area contributed by atoms with Gasteiger partial charge in [-0.15, -0.1) is 0 Å². The Morgan fingerprint density at radius 1 is 1.18 bits per heavy atom. The number of halogens is 4. The largest absolute Gasteiger partial charge is 0.522 e. The highest BCUT2D eigenvalue weighted by atomic mass is 32.3. The van der Waals surface area contributed by atoms with E-state index in [9.17, 15) is 25.5 Å². The number of hydrogen-bond acceptors (Lipinski definition) is 5. The quantitative estimate of drug-likeness (QED) is 0.347. The second-order valence-corrected chi connectivity index (χ2v) is 4.91. The van der Waals surface area contributed by atoms with Gasteiger partial charge in [-0.05, 0) is 0 Å². The maximum atomic E-state index is 11.8. The monoisotopic (exact) mass is 300 g/mol. The maximum Gasteiger partial charge on any atom is 0.522 e. The molecule has 0 fully saturated rings. The van der Waals surface area contributed by atoms with Crippen LogP contribution in [0, 0.1) is 0 Å². The van der Waals surface area contributed by atoms with Gasteiger partial charge in [0.05, 0.1) is 0 Å². The highest BCUT2D eigenvalue weighted by molar-refractivity contribution is 7.86. The summed E-state index contributed by atoms with van der Waals surface area (Å²) in [6.45, 7) is 0. The van der Waals surface area contributed by atoms with Crippen LogP contribution in [0.5, 0.6) is 0 Å². The number of aromatic nitrogens is 2. The molecule has 13 heteroatoms. The summed E-state index contributed by atoms with van der Waals surface area (Å²) in [6.07, 6.45) is 3.06. The SMILES string of the molecule is O=S(=O)(F)n1ccnc1.O=S(=O)(O)C(F)(F)F. The van der Waals surface area contributed by atoms with Gasteiger partial charge in [0.2, 0.25) is 0 Å². The third kappa shape index (κ3) is 5.60. The van der Waals surface area contributed by atoms with Crippen molar-refractivity contribution in [3.8, 4) is 0 Å². The van der Waals surface area contributed by atoms with Gasteiger partial charge in [0.15, 0.2) is 0 Å². The van der Waals surface area contributed by atoms with Crippen molar-refractivity contribution in [2.75, 3.05) is 0 Å². The van der Waals surface area contributed by atoms with Crippen LogP contribution in [0.3, 0.4) is 0 Å². The molecule has 0 aliphatic heterocycles. The number of nitrogens with zero attached hydrogens (tertiary/aromatic N) is 2. The average Bonchev–Trinajstić information content (AvgIpc) is 2.50. The molecule has 0 radical (unpaired) electrons. The van der Waals surface area contributed by atoms with Crippen molar-refractivity contribution in [1.29, 1.82) is 0 Å². The molecule has 0 aliphatic carbocycles. The fraction of sp³-hybridized carbons (Fsp3) is 0.250. The molecule has 1 rings (SSSR count). The first kappa shape index (κ1) is 15.8. The minimum Gasteiger partial charge on any atom is -0.279 e. The van der Waals surface area contributed by atoms with Gasteiger partial charge in [0.25, 0.3) is 0 Å². The minimum atomic E-state index is -5.84. The lowest BCUT2D eigenvalue weighted by Gasteiger charge is -1.97. The Bertz CT molecular complexity index is 545. The lowest BCUT2D eigenvalue weighted by molar-refractivity contribution is -0.0510. The zero-order valence-electron chi connectivity index (χ0n) is 7.54. The van der Waals surface area contributed by atoms with Crippen LogP contribution >= 0.6 is 0 Å². The van der Waals surface area contributed by atoms with Crippen LogP contribution in [-0.4, -0.2) is 35.9 Å². The van der Waals surface area contributed by atoms with Gasteiger partial charge in [-0.2, -0.15) is 30.0 Å². The first-order valence-electron chi connectivity index (χ1n) is 3.32. The van der Waals surface area contributed by atoms with Crippen molar-refractivity contribution in [2.45, 2.75) is 5.51 Å². The molecule has 1 heterocycles. The summed E-state index contributed by atoms with van der Waals surface area (Å²) in [4.78, 5) is 3.33. The number of alkyl halides is 3. The molecule has 1 aromatic rings. The summed E-state index contributed by atoms with van der Waals surface area (Å²) in [5.74, 6) is 0. The van der Waals surface area contributed by atoms with Crippen LogP contribution in [0.15, 0.2) is 18.7 Å². The molecule has 1 N–H and O–H groups in total. The zero-order valence-corrected chi connectivity index (χ0v) is 9.17. The lowest BCUT2D eigenvalue weighted by atomic mass is 11.0. The molecule has 7 nitrogen and oxygen atoms in total. The van der Waals surface area contributed by atoms with Crippen molar-refractivity contribution in [3.63, 3.8) is 0 Å². The molecule has 0 saturated carbocycles. The first-order valence-corrected chi connectivity index (χ1v) is 6.10. The second-order valence-electron chi connectivity index (χ2n) is 2.26. The third-order valence-corrected chi connectivity index (χ3v) is 2.33. The summed E-state index contributed by atoms with van der Waals surface area (Å²) < 4.78 is 89.7. The molecule has 17 heavy (non-hydrogen) atoms. The van der Waals surface area contributed by atoms with Gasteiger partial charge in [0, 0.05) is 12.4 Å². The Labute approximate surface area is 92.8 Å². The van der Waals surface area contributed by atoms with E-state index in [4.69, 9.17) is 13.0 Å². The van der Waals surface area contributed by atoms with E-state index in [2.05, 4.69) is 4.98 Å². The predicted octanol–water partition coefficient (Wildman–Crippen LogP) is 0.340. The normalized spacial score (nSPS) is 12.8. The number of rotatable bonds is 1. The molecule has 0 aliphatic rings. The fourth-order valence-electron chi connectivity index (χ4n) is 0.376. The molecule has 0 amide bonds. The summed E-state index contributed by atoms with van der Waals surface area (Å²) in [5, 5.41) is 0. The van der Waals surface area contributed by atoms with E-state index in [1.807, 2.05) is 0 Å². The van der Waals surface area contributed by atoms with Crippen molar-refractivity contribution in [3.05, 3.63) is 18.7 Å². The van der Waals surface area contributed by atoms with E-state index in [1.165, 1.54) is 6.20 Å². The van der Waals surface area contributed by atoms with Gasteiger partial charge in [0.1, 0.15) is 6.33 Å². The van der Waals surface area contributed by atoms with E-state index < -0.39 is 26.0 Å². The number of hydrogen-bond donors (Lipinski definition) is 1. The molecular formula is C4H4F4N2O5S2. The van der Waals surface area contributed by atoms with Crippen LogP contribution in [-0.2, 0) is 20.5 Å². The van der Waals surface area contributed by atoms with Gasteiger partial charge < -0.3 is 0 Å². The Morgan fingerprint density at radius 3 is 1.71 bits per heavy atom. The molecular weight excluding hydrogens is 296 g/mol. The van der Waals surface area contributed by atoms with Crippen LogP contribution < -0.4 is 0 Å².